The van der Waals surface area contributed by atoms with Crippen molar-refractivity contribution in [2.75, 3.05) is 19.7 Å². The number of hydrogen-bond donors (Lipinski definition) is 1. The van der Waals surface area contributed by atoms with Gasteiger partial charge in [0.2, 0.25) is 0 Å². The molecule has 1 saturated heterocycles. The summed E-state index contributed by atoms with van der Waals surface area (Å²) in [4.78, 5) is 13.4. The maximum Gasteiger partial charge on any atom is 0.320 e. The topological polar surface area (TPSA) is 49.8 Å². The molecule has 2 atom stereocenters. The summed E-state index contributed by atoms with van der Waals surface area (Å²) in [5.74, 6) is 0.674. The molecule has 0 bridgehead atoms. The van der Waals surface area contributed by atoms with Crippen LogP contribution in [0.5, 0.6) is 5.75 Å². The van der Waals surface area contributed by atoms with Crippen LogP contribution in [0, 0.1) is 5.92 Å². The van der Waals surface area contributed by atoms with Gasteiger partial charge in [0.05, 0.1) is 0 Å². The number of carboxylic acids is 1. The minimum atomic E-state index is -0.706. The van der Waals surface area contributed by atoms with E-state index in [2.05, 4.69) is 6.92 Å². The number of likely N-dealkylation sites (tertiary alicyclic amines) is 1. The van der Waals surface area contributed by atoms with Gasteiger partial charge in [-0.05, 0) is 37.4 Å². The highest BCUT2D eigenvalue weighted by molar-refractivity contribution is 5.73. The van der Waals surface area contributed by atoms with Crippen LogP contribution in [0.2, 0.25) is 0 Å². The molecule has 0 spiro atoms. The summed E-state index contributed by atoms with van der Waals surface area (Å²) in [7, 11) is 0. The molecule has 0 radical (unpaired) electrons. The number of benzene rings is 1. The second-order valence-corrected chi connectivity index (χ2v) is 5.35. The van der Waals surface area contributed by atoms with E-state index in [1.54, 1.807) is 0 Å². The molecule has 1 fully saturated rings. The smallest absolute Gasteiger partial charge is 0.320 e. The Morgan fingerprint density at radius 3 is 2.80 bits per heavy atom. The quantitative estimate of drug-likeness (QED) is 0.868. The predicted octanol–water partition coefficient (Wildman–Crippen LogP) is 2.64. The summed E-state index contributed by atoms with van der Waals surface area (Å²) in [6.07, 6.45) is 2.92. The fourth-order valence-electron chi connectivity index (χ4n) is 2.78. The fourth-order valence-corrected chi connectivity index (χ4v) is 2.78. The number of piperidine rings is 1. The zero-order valence-electron chi connectivity index (χ0n) is 12.0. The minimum absolute atomic E-state index is 0.354. The first kappa shape index (κ1) is 14.9. The molecule has 2 unspecified atom stereocenters. The van der Waals surface area contributed by atoms with Crippen LogP contribution in [-0.4, -0.2) is 41.7 Å². The second kappa shape index (κ2) is 7.29. The predicted molar refractivity (Wildman–Crippen MR) is 77.9 cm³/mol. The van der Waals surface area contributed by atoms with E-state index in [0.717, 1.165) is 31.6 Å². The highest BCUT2D eigenvalue weighted by Gasteiger charge is 2.32. The fraction of sp³-hybridized carbons (Fsp3) is 0.562. The highest BCUT2D eigenvalue weighted by Crippen LogP contribution is 2.25. The summed E-state index contributed by atoms with van der Waals surface area (Å²) in [6.45, 7) is 4.19. The van der Waals surface area contributed by atoms with Gasteiger partial charge in [0.25, 0.3) is 0 Å². The standard InChI is InChI=1S/C16H23NO3/c1-2-13-8-9-17(15(12-13)16(18)19)10-11-20-14-6-4-3-5-7-14/h3-7,13,15H,2,8-12H2,1H3,(H,18,19). The van der Waals surface area contributed by atoms with Gasteiger partial charge in [-0.25, -0.2) is 0 Å². The lowest BCUT2D eigenvalue weighted by atomic mass is 9.89. The van der Waals surface area contributed by atoms with E-state index in [-0.39, 0.29) is 6.04 Å². The Morgan fingerprint density at radius 1 is 1.40 bits per heavy atom. The number of aliphatic carboxylic acids is 1. The van der Waals surface area contributed by atoms with Crippen LogP contribution in [0.3, 0.4) is 0 Å². The number of carbonyl (C=O) groups is 1. The third-order valence-electron chi connectivity index (χ3n) is 4.07. The van der Waals surface area contributed by atoms with Gasteiger partial charge in [0, 0.05) is 6.54 Å². The summed E-state index contributed by atoms with van der Waals surface area (Å²) >= 11 is 0. The van der Waals surface area contributed by atoms with Crippen molar-refractivity contribution in [2.24, 2.45) is 5.92 Å². The molecule has 1 aromatic rings. The summed E-state index contributed by atoms with van der Waals surface area (Å²) in [5.41, 5.74) is 0. The van der Waals surface area contributed by atoms with Crippen molar-refractivity contribution in [1.29, 1.82) is 0 Å². The number of rotatable bonds is 6. The molecular formula is C16H23NO3. The van der Waals surface area contributed by atoms with Crippen molar-refractivity contribution in [1.82, 2.24) is 4.90 Å². The molecular weight excluding hydrogens is 254 g/mol. The first-order chi connectivity index (χ1) is 9.70. The second-order valence-electron chi connectivity index (χ2n) is 5.35. The van der Waals surface area contributed by atoms with Gasteiger partial charge in [0.15, 0.2) is 0 Å². The summed E-state index contributed by atoms with van der Waals surface area (Å²) < 4.78 is 5.66. The zero-order chi connectivity index (χ0) is 14.4. The molecule has 1 heterocycles. The van der Waals surface area contributed by atoms with Crippen LogP contribution in [0.25, 0.3) is 0 Å². The van der Waals surface area contributed by atoms with Gasteiger partial charge >= 0.3 is 5.97 Å². The Kier molecular flexibility index (Phi) is 5.41. The number of para-hydroxylation sites is 1. The van der Waals surface area contributed by atoms with Crippen molar-refractivity contribution in [3.63, 3.8) is 0 Å². The number of nitrogens with zero attached hydrogens (tertiary/aromatic N) is 1. The lowest BCUT2D eigenvalue weighted by Crippen LogP contribution is -2.48. The monoisotopic (exact) mass is 277 g/mol. The van der Waals surface area contributed by atoms with E-state index in [1.165, 1.54) is 0 Å². The van der Waals surface area contributed by atoms with Gasteiger partial charge in [0.1, 0.15) is 18.4 Å². The third-order valence-corrected chi connectivity index (χ3v) is 4.07. The molecule has 2 rings (SSSR count). The molecule has 1 aliphatic heterocycles. The van der Waals surface area contributed by atoms with Gasteiger partial charge in [-0.2, -0.15) is 0 Å². The van der Waals surface area contributed by atoms with Crippen molar-refractivity contribution >= 4 is 5.97 Å². The van der Waals surface area contributed by atoms with Crippen LogP contribution >= 0.6 is 0 Å². The Labute approximate surface area is 120 Å². The lowest BCUT2D eigenvalue weighted by molar-refractivity contribution is -0.145. The van der Waals surface area contributed by atoms with Crippen LogP contribution < -0.4 is 4.74 Å². The summed E-state index contributed by atoms with van der Waals surface area (Å²) in [6, 6.07) is 9.29. The molecule has 1 aromatic carbocycles. The Morgan fingerprint density at radius 2 is 2.15 bits per heavy atom. The molecule has 0 amide bonds. The first-order valence-corrected chi connectivity index (χ1v) is 7.35. The van der Waals surface area contributed by atoms with Gasteiger partial charge in [-0.15, -0.1) is 0 Å². The van der Waals surface area contributed by atoms with Crippen LogP contribution in [-0.2, 0) is 4.79 Å². The average molecular weight is 277 g/mol. The van der Waals surface area contributed by atoms with Crippen molar-refractivity contribution < 1.29 is 14.6 Å². The van der Waals surface area contributed by atoms with Crippen LogP contribution in [0.15, 0.2) is 30.3 Å². The first-order valence-electron chi connectivity index (χ1n) is 7.35. The zero-order valence-corrected chi connectivity index (χ0v) is 12.0. The van der Waals surface area contributed by atoms with E-state index in [4.69, 9.17) is 4.74 Å². The summed E-state index contributed by atoms with van der Waals surface area (Å²) in [5, 5.41) is 9.36. The van der Waals surface area contributed by atoms with Crippen LogP contribution in [0.1, 0.15) is 26.2 Å². The van der Waals surface area contributed by atoms with E-state index >= 15 is 0 Å². The van der Waals surface area contributed by atoms with Crippen molar-refractivity contribution in [2.45, 2.75) is 32.2 Å². The van der Waals surface area contributed by atoms with Crippen molar-refractivity contribution in [3.8, 4) is 5.75 Å². The number of carboxylic acid groups (broad SMARTS) is 1. The molecule has 20 heavy (non-hydrogen) atoms. The van der Waals surface area contributed by atoms with Crippen LogP contribution in [0.4, 0.5) is 0 Å². The van der Waals surface area contributed by atoms with Gasteiger partial charge < -0.3 is 9.84 Å². The maximum absolute atomic E-state index is 11.4. The molecule has 0 aliphatic carbocycles. The maximum atomic E-state index is 11.4. The van der Waals surface area contributed by atoms with Crippen molar-refractivity contribution in [3.05, 3.63) is 30.3 Å². The normalized spacial score (nSPS) is 23.4. The Hall–Kier alpha value is -1.55. The molecule has 4 heteroatoms. The van der Waals surface area contributed by atoms with Gasteiger partial charge in [-0.1, -0.05) is 31.5 Å². The molecule has 0 saturated carbocycles. The lowest BCUT2D eigenvalue weighted by Gasteiger charge is -2.36. The molecule has 1 N–H and O–H groups in total. The molecule has 1 aliphatic rings. The highest BCUT2D eigenvalue weighted by atomic mass is 16.5. The Bertz CT molecular complexity index is 421. The molecule has 110 valence electrons. The average Bonchev–Trinajstić information content (AvgIpc) is 2.48. The van der Waals surface area contributed by atoms with Gasteiger partial charge in [-0.3, -0.25) is 9.69 Å². The SMILES string of the molecule is CCC1CCN(CCOc2ccccc2)C(C(=O)O)C1. The molecule has 0 aromatic heterocycles. The molecule has 4 nitrogen and oxygen atoms in total. The minimum Gasteiger partial charge on any atom is -0.492 e. The third kappa shape index (κ3) is 3.97. The number of ether oxygens (including phenoxy) is 1. The number of hydrogen-bond acceptors (Lipinski definition) is 3. The van der Waals surface area contributed by atoms with E-state index in [1.807, 2.05) is 35.2 Å². The van der Waals surface area contributed by atoms with E-state index in [0.29, 0.717) is 19.1 Å². The Balaban J connectivity index is 1.83. The van der Waals surface area contributed by atoms with E-state index < -0.39 is 5.97 Å². The largest absolute Gasteiger partial charge is 0.492 e. The van der Waals surface area contributed by atoms with E-state index in [9.17, 15) is 9.90 Å².